The first-order valence-electron chi connectivity index (χ1n) is 5.04. The Kier molecular flexibility index (Phi) is 4.49. The first-order valence-corrected chi connectivity index (χ1v) is 5.42. The van der Waals surface area contributed by atoms with Crippen molar-refractivity contribution in [2.45, 2.75) is 32.9 Å². The molecular formula is C10H15ClN4O. The van der Waals surface area contributed by atoms with Gasteiger partial charge >= 0.3 is 0 Å². The van der Waals surface area contributed by atoms with Crippen molar-refractivity contribution in [3.8, 4) is 0 Å². The van der Waals surface area contributed by atoms with Gasteiger partial charge in [0.25, 0.3) is 0 Å². The highest BCUT2D eigenvalue weighted by molar-refractivity contribution is 6.31. The third-order valence-electron chi connectivity index (χ3n) is 1.83. The average Bonchev–Trinajstić information content (AvgIpc) is 2.20. The van der Waals surface area contributed by atoms with Gasteiger partial charge < -0.3 is 10.6 Å². The van der Waals surface area contributed by atoms with Crippen molar-refractivity contribution in [3.63, 3.8) is 0 Å². The molecule has 0 radical (unpaired) electrons. The molecule has 1 aromatic rings. The predicted molar refractivity (Wildman–Crippen MR) is 63.4 cm³/mol. The largest absolute Gasteiger partial charge is 0.356 e. The fourth-order valence-corrected chi connectivity index (χ4v) is 1.26. The third kappa shape index (κ3) is 3.66. The number of hydrogen-bond donors (Lipinski definition) is 2. The van der Waals surface area contributed by atoms with Gasteiger partial charge in [-0.15, -0.1) is 0 Å². The molecule has 0 aliphatic rings. The first-order chi connectivity index (χ1) is 7.50. The van der Waals surface area contributed by atoms with E-state index in [2.05, 4.69) is 20.6 Å². The fourth-order valence-electron chi connectivity index (χ4n) is 1.10. The lowest BCUT2D eigenvalue weighted by Gasteiger charge is -2.16. The number of carbonyl (C=O) groups is 1. The minimum atomic E-state index is -0.406. The molecule has 16 heavy (non-hydrogen) atoms. The summed E-state index contributed by atoms with van der Waals surface area (Å²) < 4.78 is 0. The van der Waals surface area contributed by atoms with Crippen molar-refractivity contribution in [3.05, 3.63) is 17.5 Å². The molecular weight excluding hydrogens is 228 g/mol. The summed E-state index contributed by atoms with van der Waals surface area (Å²) in [5.74, 6) is 0.312. The number of aromatic nitrogens is 2. The van der Waals surface area contributed by atoms with Gasteiger partial charge in [-0.2, -0.15) is 0 Å². The fraction of sp³-hybridized carbons (Fsp3) is 0.500. The molecule has 0 spiro atoms. The Morgan fingerprint density at radius 1 is 1.31 bits per heavy atom. The van der Waals surface area contributed by atoms with E-state index < -0.39 is 6.04 Å². The highest BCUT2D eigenvalue weighted by atomic mass is 35.5. The number of amides is 1. The van der Waals surface area contributed by atoms with Gasteiger partial charge in [0.15, 0.2) is 11.0 Å². The van der Waals surface area contributed by atoms with E-state index in [0.29, 0.717) is 5.82 Å². The zero-order valence-electron chi connectivity index (χ0n) is 9.49. The molecule has 1 unspecified atom stereocenters. The Bertz CT molecular complexity index is 370. The maximum absolute atomic E-state index is 11.6. The van der Waals surface area contributed by atoms with E-state index in [1.807, 2.05) is 13.8 Å². The van der Waals surface area contributed by atoms with Crippen LogP contribution in [-0.4, -0.2) is 28.0 Å². The van der Waals surface area contributed by atoms with Gasteiger partial charge in [0.2, 0.25) is 5.91 Å². The normalized spacial score (nSPS) is 12.3. The number of hydrogen-bond acceptors (Lipinski definition) is 4. The molecule has 0 saturated heterocycles. The highest BCUT2D eigenvalue weighted by Crippen LogP contribution is 2.14. The second-order valence-electron chi connectivity index (χ2n) is 3.73. The molecule has 0 aromatic carbocycles. The number of anilines is 1. The summed E-state index contributed by atoms with van der Waals surface area (Å²) in [5, 5.41) is 5.94. The summed E-state index contributed by atoms with van der Waals surface area (Å²) in [5.41, 5.74) is 0. The van der Waals surface area contributed by atoms with Crippen LogP contribution < -0.4 is 10.6 Å². The van der Waals surface area contributed by atoms with Crippen LogP contribution in [-0.2, 0) is 4.79 Å². The Morgan fingerprint density at radius 2 is 1.94 bits per heavy atom. The number of nitrogens with one attached hydrogen (secondary N) is 2. The number of rotatable bonds is 4. The summed E-state index contributed by atoms with van der Waals surface area (Å²) >= 11 is 5.81. The topological polar surface area (TPSA) is 66.9 Å². The van der Waals surface area contributed by atoms with Gasteiger partial charge in [-0.25, -0.2) is 9.97 Å². The number of nitrogens with zero attached hydrogens (tertiary/aromatic N) is 2. The summed E-state index contributed by atoms with van der Waals surface area (Å²) in [6, 6.07) is -0.300. The van der Waals surface area contributed by atoms with Crippen molar-refractivity contribution in [1.29, 1.82) is 0 Å². The van der Waals surface area contributed by atoms with Crippen LogP contribution in [0.3, 0.4) is 0 Å². The van der Waals surface area contributed by atoms with E-state index >= 15 is 0 Å². The number of halogens is 1. The van der Waals surface area contributed by atoms with Crippen LogP contribution in [0.15, 0.2) is 12.4 Å². The molecule has 1 heterocycles. The number of carbonyl (C=O) groups excluding carboxylic acids is 1. The van der Waals surface area contributed by atoms with Crippen LogP contribution in [0.5, 0.6) is 0 Å². The molecule has 1 amide bonds. The minimum absolute atomic E-state index is 0.100. The molecule has 1 aromatic heterocycles. The first kappa shape index (κ1) is 12.7. The van der Waals surface area contributed by atoms with E-state index in [1.165, 1.54) is 12.4 Å². The molecule has 0 bridgehead atoms. The van der Waals surface area contributed by atoms with Crippen LogP contribution in [0.4, 0.5) is 5.82 Å². The van der Waals surface area contributed by atoms with Crippen LogP contribution >= 0.6 is 11.6 Å². The average molecular weight is 243 g/mol. The maximum Gasteiger partial charge on any atom is 0.242 e. The van der Waals surface area contributed by atoms with E-state index in [4.69, 9.17) is 11.6 Å². The van der Waals surface area contributed by atoms with Gasteiger partial charge in [0.1, 0.15) is 6.04 Å². The summed E-state index contributed by atoms with van der Waals surface area (Å²) in [7, 11) is 0. The van der Waals surface area contributed by atoms with Crippen LogP contribution in [0.1, 0.15) is 20.8 Å². The van der Waals surface area contributed by atoms with Gasteiger partial charge in [-0.3, -0.25) is 4.79 Å². The van der Waals surface area contributed by atoms with Crippen molar-refractivity contribution in [2.24, 2.45) is 0 Å². The molecule has 2 N–H and O–H groups in total. The molecule has 5 nitrogen and oxygen atoms in total. The molecule has 0 saturated carbocycles. The van der Waals surface area contributed by atoms with E-state index in [-0.39, 0.29) is 17.1 Å². The minimum Gasteiger partial charge on any atom is -0.356 e. The highest BCUT2D eigenvalue weighted by Gasteiger charge is 2.15. The molecule has 0 fully saturated rings. The Hall–Kier alpha value is -1.36. The standard InChI is InChI=1S/C10H15ClN4O/c1-6(2)14-10(16)7(3)15-9-8(11)12-4-5-13-9/h4-7H,1-3H3,(H,13,15)(H,14,16). The third-order valence-corrected chi connectivity index (χ3v) is 2.11. The van der Waals surface area contributed by atoms with E-state index in [0.717, 1.165) is 0 Å². The molecule has 0 aliphatic heterocycles. The lowest BCUT2D eigenvalue weighted by atomic mass is 10.3. The van der Waals surface area contributed by atoms with E-state index in [9.17, 15) is 4.79 Å². The Balaban J connectivity index is 2.61. The second kappa shape index (κ2) is 5.65. The molecule has 1 atom stereocenters. The SMILES string of the molecule is CC(C)NC(=O)C(C)Nc1nccnc1Cl. The van der Waals surface area contributed by atoms with Crippen LogP contribution in [0, 0.1) is 0 Å². The summed E-state index contributed by atoms with van der Waals surface area (Å²) in [6.07, 6.45) is 3.01. The van der Waals surface area contributed by atoms with Gasteiger partial charge in [-0.05, 0) is 20.8 Å². The maximum atomic E-state index is 11.6. The van der Waals surface area contributed by atoms with Gasteiger partial charge in [0, 0.05) is 18.4 Å². The smallest absolute Gasteiger partial charge is 0.242 e. The zero-order chi connectivity index (χ0) is 12.1. The van der Waals surface area contributed by atoms with Crippen molar-refractivity contribution in [1.82, 2.24) is 15.3 Å². The lowest BCUT2D eigenvalue weighted by Crippen LogP contribution is -2.41. The monoisotopic (exact) mass is 242 g/mol. The summed E-state index contributed by atoms with van der Waals surface area (Å²) in [4.78, 5) is 19.5. The second-order valence-corrected chi connectivity index (χ2v) is 4.08. The lowest BCUT2D eigenvalue weighted by molar-refractivity contribution is -0.122. The van der Waals surface area contributed by atoms with Crippen molar-refractivity contribution in [2.75, 3.05) is 5.32 Å². The summed E-state index contributed by atoms with van der Waals surface area (Å²) in [6.45, 7) is 5.54. The van der Waals surface area contributed by atoms with Crippen LogP contribution in [0.25, 0.3) is 0 Å². The molecule has 0 aliphatic carbocycles. The molecule has 88 valence electrons. The molecule has 6 heteroatoms. The van der Waals surface area contributed by atoms with Gasteiger partial charge in [0.05, 0.1) is 0 Å². The Labute approximate surface area is 99.6 Å². The Morgan fingerprint density at radius 3 is 2.50 bits per heavy atom. The predicted octanol–water partition coefficient (Wildman–Crippen LogP) is 1.45. The van der Waals surface area contributed by atoms with E-state index in [1.54, 1.807) is 6.92 Å². The molecule has 1 rings (SSSR count). The zero-order valence-corrected chi connectivity index (χ0v) is 10.2. The van der Waals surface area contributed by atoms with Crippen molar-refractivity contribution < 1.29 is 4.79 Å². The van der Waals surface area contributed by atoms with Crippen molar-refractivity contribution >= 4 is 23.3 Å². The van der Waals surface area contributed by atoms with Gasteiger partial charge in [-0.1, -0.05) is 11.6 Å². The van der Waals surface area contributed by atoms with Crippen LogP contribution in [0.2, 0.25) is 5.15 Å². The quantitative estimate of drug-likeness (QED) is 0.839.